The molecule has 2 heteroatoms. The average molecular weight is 226 g/mol. The fraction of sp³-hybridized carbons (Fsp3) is 1.00. The molecule has 0 aliphatic carbocycles. The predicted molar refractivity (Wildman–Crippen MR) is 71.6 cm³/mol. The molecule has 2 N–H and O–H groups in total. The molecule has 0 spiro atoms. The van der Waals surface area contributed by atoms with Gasteiger partial charge >= 0.3 is 0 Å². The summed E-state index contributed by atoms with van der Waals surface area (Å²) in [4.78, 5) is 2.62. The number of nitrogens with two attached hydrogens (primary N) is 1. The molecule has 1 atom stereocenters. The molecule has 1 unspecified atom stereocenters. The lowest BCUT2D eigenvalue weighted by molar-refractivity contribution is 0.0902. The number of rotatable bonds is 4. The van der Waals surface area contributed by atoms with Crippen molar-refractivity contribution in [2.45, 2.75) is 71.4 Å². The Morgan fingerprint density at radius 3 is 2.00 bits per heavy atom. The van der Waals surface area contributed by atoms with Gasteiger partial charge in [0.25, 0.3) is 0 Å². The van der Waals surface area contributed by atoms with E-state index in [0.29, 0.717) is 12.0 Å². The molecule has 1 saturated heterocycles. The number of nitrogens with zero attached hydrogens (tertiary/aromatic N) is 1. The van der Waals surface area contributed by atoms with E-state index in [-0.39, 0.29) is 5.54 Å². The molecule has 2 nitrogen and oxygen atoms in total. The van der Waals surface area contributed by atoms with Crippen molar-refractivity contribution >= 4 is 0 Å². The summed E-state index contributed by atoms with van der Waals surface area (Å²) in [6, 6.07) is 0.297. The molecule has 0 saturated carbocycles. The van der Waals surface area contributed by atoms with Gasteiger partial charge in [0.2, 0.25) is 0 Å². The van der Waals surface area contributed by atoms with Gasteiger partial charge in [-0.1, -0.05) is 26.7 Å². The van der Waals surface area contributed by atoms with E-state index in [1.807, 2.05) is 0 Å². The van der Waals surface area contributed by atoms with Crippen molar-refractivity contribution in [1.82, 2.24) is 4.90 Å². The van der Waals surface area contributed by atoms with Crippen LogP contribution in [0.25, 0.3) is 0 Å². The van der Waals surface area contributed by atoms with E-state index in [4.69, 9.17) is 5.73 Å². The Labute approximate surface area is 102 Å². The standard InChI is InChI=1S/C14H30N2/c1-12(2)11-13(15)14(3,4)16-9-7-5-6-8-10-16/h12-13H,5-11,15H2,1-4H3. The van der Waals surface area contributed by atoms with Crippen LogP contribution in [0.4, 0.5) is 0 Å². The van der Waals surface area contributed by atoms with Gasteiger partial charge in [-0.3, -0.25) is 4.90 Å². The Morgan fingerprint density at radius 1 is 1.06 bits per heavy atom. The zero-order valence-corrected chi connectivity index (χ0v) is 11.6. The highest BCUT2D eigenvalue weighted by Crippen LogP contribution is 2.25. The smallest absolute Gasteiger partial charge is 0.0304 e. The summed E-state index contributed by atoms with van der Waals surface area (Å²) >= 11 is 0. The molecule has 0 aromatic rings. The summed E-state index contributed by atoms with van der Waals surface area (Å²) in [6.45, 7) is 11.6. The van der Waals surface area contributed by atoms with Crippen molar-refractivity contribution in [3.8, 4) is 0 Å². The van der Waals surface area contributed by atoms with Crippen molar-refractivity contribution in [2.75, 3.05) is 13.1 Å². The Balaban J connectivity index is 2.58. The highest BCUT2D eigenvalue weighted by molar-refractivity contribution is 4.92. The first-order valence-corrected chi connectivity index (χ1v) is 6.95. The van der Waals surface area contributed by atoms with Crippen LogP contribution in [0.15, 0.2) is 0 Å². The molecule has 0 bridgehead atoms. The number of hydrogen-bond acceptors (Lipinski definition) is 2. The van der Waals surface area contributed by atoms with Crippen LogP contribution in [0.1, 0.15) is 59.8 Å². The van der Waals surface area contributed by atoms with Crippen LogP contribution in [0.2, 0.25) is 0 Å². The minimum absolute atomic E-state index is 0.161. The zero-order valence-electron chi connectivity index (χ0n) is 11.6. The maximum Gasteiger partial charge on any atom is 0.0304 e. The molecule has 0 aromatic heterocycles. The number of likely N-dealkylation sites (tertiary alicyclic amines) is 1. The van der Waals surface area contributed by atoms with Gasteiger partial charge in [-0.05, 0) is 52.1 Å². The Hall–Kier alpha value is -0.0800. The SMILES string of the molecule is CC(C)CC(N)C(C)(C)N1CCCCCC1. The van der Waals surface area contributed by atoms with E-state index >= 15 is 0 Å². The maximum atomic E-state index is 6.39. The van der Waals surface area contributed by atoms with E-state index in [1.165, 1.54) is 38.8 Å². The van der Waals surface area contributed by atoms with Gasteiger partial charge in [0, 0.05) is 11.6 Å². The van der Waals surface area contributed by atoms with E-state index in [9.17, 15) is 0 Å². The largest absolute Gasteiger partial charge is 0.326 e. The van der Waals surface area contributed by atoms with E-state index in [2.05, 4.69) is 32.6 Å². The fourth-order valence-electron chi connectivity index (χ4n) is 2.68. The normalized spacial score (nSPS) is 22.1. The summed E-state index contributed by atoms with van der Waals surface area (Å²) in [6.07, 6.45) is 6.61. The third kappa shape index (κ3) is 3.74. The van der Waals surface area contributed by atoms with Crippen LogP contribution >= 0.6 is 0 Å². The molecule has 1 heterocycles. The Bertz CT molecular complexity index is 191. The second-order valence-electron chi connectivity index (χ2n) is 6.29. The van der Waals surface area contributed by atoms with Crippen molar-refractivity contribution < 1.29 is 0 Å². The molecule has 0 aromatic carbocycles. The van der Waals surface area contributed by atoms with Crippen LogP contribution < -0.4 is 5.73 Å². The Kier molecular flexibility index (Phi) is 5.26. The summed E-state index contributed by atoms with van der Waals surface area (Å²) in [5.74, 6) is 0.696. The summed E-state index contributed by atoms with van der Waals surface area (Å²) in [5, 5.41) is 0. The second kappa shape index (κ2) is 6.02. The van der Waals surface area contributed by atoms with Crippen LogP contribution in [0.5, 0.6) is 0 Å². The van der Waals surface area contributed by atoms with Crippen LogP contribution in [0, 0.1) is 5.92 Å². The molecule has 1 fully saturated rings. The lowest BCUT2D eigenvalue weighted by atomic mass is 9.87. The van der Waals surface area contributed by atoms with E-state index < -0.39 is 0 Å². The van der Waals surface area contributed by atoms with Gasteiger partial charge in [0.1, 0.15) is 0 Å². The van der Waals surface area contributed by atoms with Crippen LogP contribution in [0.3, 0.4) is 0 Å². The summed E-state index contributed by atoms with van der Waals surface area (Å²) in [5.41, 5.74) is 6.55. The first-order chi connectivity index (χ1) is 7.44. The van der Waals surface area contributed by atoms with E-state index in [0.717, 1.165) is 6.42 Å². The molecule has 1 rings (SSSR count). The minimum Gasteiger partial charge on any atom is -0.326 e. The molecule has 1 aliphatic rings. The third-order valence-electron chi connectivity index (χ3n) is 4.05. The van der Waals surface area contributed by atoms with Crippen molar-refractivity contribution in [2.24, 2.45) is 11.7 Å². The molecule has 0 radical (unpaired) electrons. The van der Waals surface area contributed by atoms with Crippen LogP contribution in [-0.4, -0.2) is 29.6 Å². The fourth-order valence-corrected chi connectivity index (χ4v) is 2.68. The van der Waals surface area contributed by atoms with Gasteiger partial charge in [-0.15, -0.1) is 0 Å². The van der Waals surface area contributed by atoms with Crippen molar-refractivity contribution in [3.05, 3.63) is 0 Å². The van der Waals surface area contributed by atoms with Gasteiger partial charge < -0.3 is 5.73 Å². The maximum absolute atomic E-state index is 6.39. The first kappa shape index (κ1) is 14.0. The zero-order chi connectivity index (χ0) is 12.2. The molecule has 0 amide bonds. The lowest BCUT2D eigenvalue weighted by Gasteiger charge is -2.43. The van der Waals surface area contributed by atoms with Gasteiger partial charge in [0.05, 0.1) is 0 Å². The van der Waals surface area contributed by atoms with E-state index in [1.54, 1.807) is 0 Å². The first-order valence-electron chi connectivity index (χ1n) is 6.95. The molecule has 16 heavy (non-hydrogen) atoms. The number of hydrogen-bond donors (Lipinski definition) is 1. The molecule has 96 valence electrons. The molecular weight excluding hydrogens is 196 g/mol. The van der Waals surface area contributed by atoms with Crippen LogP contribution in [-0.2, 0) is 0 Å². The molecular formula is C14H30N2. The average Bonchev–Trinajstić information content (AvgIpc) is 2.44. The highest BCUT2D eigenvalue weighted by atomic mass is 15.2. The minimum atomic E-state index is 0.161. The summed E-state index contributed by atoms with van der Waals surface area (Å²) < 4.78 is 0. The van der Waals surface area contributed by atoms with Gasteiger partial charge in [-0.2, -0.15) is 0 Å². The third-order valence-corrected chi connectivity index (χ3v) is 4.05. The second-order valence-corrected chi connectivity index (χ2v) is 6.29. The molecule has 1 aliphatic heterocycles. The summed E-state index contributed by atoms with van der Waals surface area (Å²) in [7, 11) is 0. The van der Waals surface area contributed by atoms with Gasteiger partial charge in [0.15, 0.2) is 0 Å². The quantitative estimate of drug-likeness (QED) is 0.798. The predicted octanol–water partition coefficient (Wildman–Crippen LogP) is 3.01. The van der Waals surface area contributed by atoms with Crippen molar-refractivity contribution in [3.63, 3.8) is 0 Å². The monoisotopic (exact) mass is 226 g/mol. The lowest BCUT2D eigenvalue weighted by Crippen LogP contribution is -2.56. The van der Waals surface area contributed by atoms with Crippen molar-refractivity contribution in [1.29, 1.82) is 0 Å². The van der Waals surface area contributed by atoms with Gasteiger partial charge in [-0.25, -0.2) is 0 Å². The highest BCUT2D eigenvalue weighted by Gasteiger charge is 2.33. The topological polar surface area (TPSA) is 29.3 Å². The Morgan fingerprint density at radius 2 is 1.56 bits per heavy atom.